The number of carbonyl (C=O) groups excluding carboxylic acids is 2. The van der Waals surface area contributed by atoms with E-state index in [1.54, 1.807) is 6.07 Å². The van der Waals surface area contributed by atoms with Crippen LogP contribution >= 0.6 is 0 Å². The molecule has 1 aromatic rings. The molecule has 1 rings (SSSR count). The number of benzene rings is 1. The number of aryl methyl sites for hydroxylation is 2. The highest BCUT2D eigenvalue weighted by Crippen LogP contribution is 2.09. The normalized spacial score (nSPS) is 10.4. The van der Waals surface area contributed by atoms with Crippen LogP contribution in [0, 0.1) is 19.8 Å². The minimum Gasteiger partial charge on any atom is -0.345 e. The summed E-state index contributed by atoms with van der Waals surface area (Å²) >= 11 is 0. The number of hydrogen-bond acceptors (Lipinski definition) is 2. The van der Waals surface area contributed by atoms with Crippen LogP contribution in [0.2, 0.25) is 0 Å². The summed E-state index contributed by atoms with van der Waals surface area (Å²) in [6.45, 7) is 7.71. The van der Waals surface area contributed by atoms with Crippen molar-refractivity contribution in [1.29, 1.82) is 0 Å². The smallest absolute Gasteiger partial charge is 0.251 e. The summed E-state index contributed by atoms with van der Waals surface area (Å²) < 4.78 is 0. The monoisotopic (exact) mass is 233 g/mol. The van der Waals surface area contributed by atoms with Gasteiger partial charge in [0.1, 0.15) is 0 Å². The second-order valence-electron chi connectivity index (χ2n) is 4.60. The highest BCUT2D eigenvalue weighted by Gasteiger charge is 2.10. The Kier molecular flexibility index (Phi) is 4.44. The van der Waals surface area contributed by atoms with Gasteiger partial charge in [0.15, 0.2) is 5.78 Å². The average molecular weight is 233 g/mol. The van der Waals surface area contributed by atoms with Crippen molar-refractivity contribution in [2.24, 2.45) is 5.92 Å². The van der Waals surface area contributed by atoms with E-state index in [2.05, 4.69) is 5.32 Å². The maximum atomic E-state index is 11.8. The SMILES string of the molecule is Cc1ccc(C(=O)NCC(=O)C(C)C)cc1C. The maximum Gasteiger partial charge on any atom is 0.251 e. The molecule has 0 fully saturated rings. The molecule has 0 radical (unpaired) electrons. The molecule has 1 N–H and O–H groups in total. The number of ketones is 1. The number of Topliss-reactive ketones (excluding diaryl/α,β-unsaturated/α-hetero) is 1. The van der Waals surface area contributed by atoms with Crippen LogP contribution in [-0.4, -0.2) is 18.2 Å². The van der Waals surface area contributed by atoms with Gasteiger partial charge in [0.05, 0.1) is 6.54 Å². The molecule has 0 saturated heterocycles. The van der Waals surface area contributed by atoms with Crippen LogP contribution in [0.3, 0.4) is 0 Å². The highest BCUT2D eigenvalue weighted by molar-refractivity contribution is 5.97. The third kappa shape index (κ3) is 3.70. The summed E-state index contributed by atoms with van der Waals surface area (Å²) in [6.07, 6.45) is 0. The summed E-state index contributed by atoms with van der Waals surface area (Å²) in [5.74, 6) is -0.195. The molecule has 0 aliphatic carbocycles. The molecule has 92 valence electrons. The van der Waals surface area contributed by atoms with Gasteiger partial charge in [-0.3, -0.25) is 9.59 Å². The molecule has 0 aliphatic heterocycles. The number of hydrogen-bond donors (Lipinski definition) is 1. The lowest BCUT2D eigenvalue weighted by Gasteiger charge is -2.08. The molecular weight excluding hydrogens is 214 g/mol. The van der Waals surface area contributed by atoms with E-state index in [1.807, 2.05) is 39.8 Å². The van der Waals surface area contributed by atoms with Crippen LogP contribution in [0.5, 0.6) is 0 Å². The average Bonchev–Trinajstić information content (AvgIpc) is 2.28. The van der Waals surface area contributed by atoms with Crippen LogP contribution in [0.1, 0.15) is 35.3 Å². The lowest BCUT2D eigenvalue weighted by molar-refractivity contribution is -0.120. The molecule has 1 aromatic carbocycles. The zero-order valence-corrected chi connectivity index (χ0v) is 10.8. The molecule has 0 heterocycles. The summed E-state index contributed by atoms with van der Waals surface area (Å²) in [7, 11) is 0. The van der Waals surface area contributed by atoms with E-state index in [-0.39, 0.29) is 24.2 Å². The van der Waals surface area contributed by atoms with Crippen molar-refractivity contribution < 1.29 is 9.59 Å². The summed E-state index contributed by atoms with van der Waals surface area (Å²) in [5.41, 5.74) is 2.83. The second kappa shape index (κ2) is 5.62. The Morgan fingerprint density at radius 3 is 2.35 bits per heavy atom. The van der Waals surface area contributed by atoms with Crippen molar-refractivity contribution in [3.05, 3.63) is 34.9 Å². The first kappa shape index (κ1) is 13.4. The molecule has 0 saturated carbocycles. The number of amides is 1. The van der Waals surface area contributed by atoms with Gasteiger partial charge in [-0.1, -0.05) is 19.9 Å². The van der Waals surface area contributed by atoms with Crippen molar-refractivity contribution in [3.8, 4) is 0 Å². The first-order valence-electron chi connectivity index (χ1n) is 5.80. The van der Waals surface area contributed by atoms with Crippen molar-refractivity contribution in [3.63, 3.8) is 0 Å². The van der Waals surface area contributed by atoms with E-state index in [1.165, 1.54) is 0 Å². The van der Waals surface area contributed by atoms with Gasteiger partial charge in [0.2, 0.25) is 0 Å². The number of carbonyl (C=O) groups is 2. The van der Waals surface area contributed by atoms with E-state index in [0.717, 1.165) is 11.1 Å². The van der Waals surface area contributed by atoms with E-state index in [9.17, 15) is 9.59 Å². The lowest BCUT2D eigenvalue weighted by Crippen LogP contribution is -2.31. The predicted molar refractivity (Wildman–Crippen MR) is 68.1 cm³/mol. The quantitative estimate of drug-likeness (QED) is 0.867. The Balaban J connectivity index is 2.64. The van der Waals surface area contributed by atoms with Gasteiger partial charge in [-0.15, -0.1) is 0 Å². The van der Waals surface area contributed by atoms with Gasteiger partial charge in [-0.2, -0.15) is 0 Å². The van der Waals surface area contributed by atoms with E-state index in [0.29, 0.717) is 5.56 Å². The van der Waals surface area contributed by atoms with E-state index in [4.69, 9.17) is 0 Å². The Hall–Kier alpha value is -1.64. The molecule has 17 heavy (non-hydrogen) atoms. The Morgan fingerprint density at radius 1 is 1.18 bits per heavy atom. The molecular formula is C14H19NO2. The van der Waals surface area contributed by atoms with Crippen molar-refractivity contribution >= 4 is 11.7 Å². The molecule has 0 aromatic heterocycles. The van der Waals surface area contributed by atoms with Gasteiger partial charge in [-0.25, -0.2) is 0 Å². The van der Waals surface area contributed by atoms with Gasteiger partial charge in [0, 0.05) is 11.5 Å². The van der Waals surface area contributed by atoms with Crippen LogP contribution in [0.4, 0.5) is 0 Å². The third-order valence-corrected chi connectivity index (χ3v) is 2.84. The van der Waals surface area contributed by atoms with Gasteiger partial charge in [-0.05, 0) is 37.1 Å². The predicted octanol–water partition coefficient (Wildman–Crippen LogP) is 2.26. The lowest BCUT2D eigenvalue weighted by atomic mass is 10.1. The summed E-state index contributed by atoms with van der Waals surface area (Å²) in [6, 6.07) is 5.52. The van der Waals surface area contributed by atoms with Crippen LogP contribution in [0.15, 0.2) is 18.2 Å². The standard InChI is InChI=1S/C14H19NO2/c1-9(2)13(16)8-15-14(17)12-6-5-10(3)11(4)7-12/h5-7,9H,8H2,1-4H3,(H,15,17). The fourth-order valence-corrected chi connectivity index (χ4v) is 1.36. The van der Waals surface area contributed by atoms with E-state index >= 15 is 0 Å². The molecule has 0 bridgehead atoms. The molecule has 3 nitrogen and oxygen atoms in total. The molecule has 0 unspecified atom stereocenters. The summed E-state index contributed by atoms with van der Waals surface area (Å²) in [4.78, 5) is 23.2. The molecule has 0 aliphatic rings. The maximum absolute atomic E-state index is 11.8. The summed E-state index contributed by atoms with van der Waals surface area (Å²) in [5, 5.41) is 2.64. The fourth-order valence-electron chi connectivity index (χ4n) is 1.36. The molecule has 3 heteroatoms. The first-order chi connectivity index (χ1) is 7.91. The first-order valence-corrected chi connectivity index (χ1v) is 5.80. The molecule has 0 spiro atoms. The zero-order chi connectivity index (χ0) is 13.0. The second-order valence-corrected chi connectivity index (χ2v) is 4.60. The van der Waals surface area contributed by atoms with Crippen LogP contribution in [0.25, 0.3) is 0 Å². The van der Waals surface area contributed by atoms with Gasteiger partial charge < -0.3 is 5.32 Å². The Labute approximate surface area is 102 Å². The molecule has 1 amide bonds. The highest BCUT2D eigenvalue weighted by atomic mass is 16.2. The van der Waals surface area contributed by atoms with Crippen LogP contribution in [-0.2, 0) is 4.79 Å². The Morgan fingerprint density at radius 2 is 1.82 bits per heavy atom. The van der Waals surface area contributed by atoms with Crippen molar-refractivity contribution in [2.45, 2.75) is 27.7 Å². The minimum absolute atomic E-state index is 0.0437. The zero-order valence-electron chi connectivity index (χ0n) is 10.8. The van der Waals surface area contributed by atoms with Gasteiger partial charge in [0.25, 0.3) is 5.91 Å². The molecule has 0 atom stereocenters. The van der Waals surface area contributed by atoms with Crippen molar-refractivity contribution in [2.75, 3.05) is 6.54 Å². The van der Waals surface area contributed by atoms with Crippen LogP contribution < -0.4 is 5.32 Å². The largest absolute Gasteiger partial charge is 0.345 e. The van der Waals surface area contributed by atoms with Crippen molar-refractivity contribution in [1.82, 2.24) is 5.32 Å². The Bertz CT molecular complexity index is 436. The third-order valence-electron chi connectivity index (χ3n) is 2.84. The number of rotatable bonds is 4. The van der Waals surface area contributed by atoms with Gasteiger partial charge >= 0.3 is 0 Å². The topological polar surface area (TPSA) is 46.2 Å². The number of nitrogens with one attached hydrogen (secondary N) is 1. The fraction of sp³-hybridized carbons (Fsp3) is 0.429. The van der Waals surface area contributed by atoms with E-state index < -0.39 is 0 Å². The minimum atomic E-state index is -0.192.